The highest BCUT2D eigenvalue weighted by Crippen LogP contribution is 2.22. The molecule has 0 spiro atoms. The van der Waals surface area contributed by atoms with Crippen molar-refractivity contribution in [3.8, 4) is 0 Å². The van der Waals surface area contributed by atoms with Crippen LogP contribution in [0.25, 0.3) is 0 Å². The van der Waals surface area contributed by atoms with Crippen LogP contribution in [0.15, 0.2) is 29.4 Å². The van der Waals surface area contributed by atoms with Crippen molar-refractivity contribution >= 4 is 39.0 Å². The Hall–Kier alpha value is -2.82. The number of hydrazone groups is 1. The van der Waals surface area contributed by atoms with Crippen LogP contribution >= 0.6 is 0 Å². The molecule has 11 heteroatoms. The van der Waals surface area contributed by atoms with Crippen LogP contribution in [0.3, 0.4) is 0 Å². The maximum atomic E-state index is 12.9. The van der Waals surface area contributed by atoms with Gasteiger partial charge in [0, 0.05) is 18.5 Å². The summed E-state index contributed by atoms with van der Waals surface area (Å²) in [6.45, 7) is 1.37. The summed E-state index contributed by atoms with van der Waals surface area (Å²) >= 11 is 0. The van der Waals surface area contributed by atoms with Crippen molar-refractivity contribution < 1.29 is 31.9 Å². The minimum absolute atomic E-state index is 0.000633. The van der Waals surface area contributed by atoms with Crippen molar-refractivity contribution in [2.45, 2.75) is 38.3 Å². The summed E-state index contributed by atoms with van der Waals surface area (Å²) < 4.78 is 41.3. The van der Waals surface area contributed by atoms with Crippen LogP contribution in [0.1, 0.15) is 26.2 Å². The summed E-state index contributed by atoms with van der Waals surface area (Å²) in [6, 6.07) is 4.49. The fourth-order valence-corrected chi connectivity index (χ4v) is 4.72. The molecule has 2 aliphatic rings. The molecular formula is C18H20FN3O6S. The number of carbonyl (C=O) groups is 3. The zero-order valence-electron chi connectivity index (χ0n) is 15.6. The molecule has 9 nitrogen and oxygen atoms in total. The molecule has 3 rings (SSSR count). The van der Waals surface area contributed by atoms with Crippen molar-refractivity contribution in [3.05, 3.63) is 30.1 Å². The second-order valence-corrected chi connectivity index (χ2v) is 9.11. The molecule has 0 unspecified atom stereocenters. The first kappa shape index (κ1) is 20.9. The maximum Gasteiger partial charge on any atom is 0.355 e. The standard InChI is InChI=1S/C18H20FN3O6S/c1-11(17(24)20-13-4-2-12(19)3-5-13)28-18(25)15-6-7-16(23)22(21-15)14-8-9-29(26,27)10-14/h2-5,11,14H,6-10H2,1H3,(H,20,24)/t11-,14-/m0/s1. The predicted molar refractivity (Wildman–Crippen MR) is 101 cm³/mol. The highest BCUT2D eigenvalue weighted by Gasteiger charge is 2.37. The molecule has 1 N–H and O–H groups in total. The van der Waals surface area contributed by atoms with Gasteiger partial charge in [0.25, 0.3) is 5.91 Å². The number of nitrogens with zero attached hydrogens (tertiary/aromatic N) is 2. The van der Waals surface area contributed by atoms with E-state index in [0.29, 0.717) is 5.69 Å². The molecule has 0 bridgehead atoms. The minimum Gasteiger partial charge on any atom is -0.448 e. The summed E-state index contributed by atoms with van der Waals surface area (Å²) in [5.41, 5.74) is 0.295. The van der Waals surface area contributed by atoms with Gasteiger partial charge in [0.05, 0.1) is 17.5 Å². The Morgan fingerprint density at radius 1 is 1.28 bits per heavy atom. The van der Waals surface area contributed by atoms with E-state index in [1.807, 2.05) is 0 Å². The van der Waals surface area contributed by atoms with Gasteiger partial charge in [-0.15, -0.1) is 0 Å². The van der Waals surface area contributed by atoms with Gasteiger partial charge in [-0.25, -0.2) is 22.6 Å². The van der Waals surface area contributed by atoms with E-state index in [2.05, 4.69) is 10.4 Å². The number of carbonyl (C=O) groups excluding carboxylic acids is 3. The molecule has 2 heterocycles. The molecule has 2 aliphatic heterocycles. The molecule has 156 valence electrons. The van der Waals surface area contributed by atoms with Crippen molar-refractivity contribution in [1.29, 1.82) is 0 Å². The number of nitrogens with one attached hydrogen (secondary N) is 1. The van der Waals surface area contributed by atoms with E-state index in [1.165, 1.54) is 31.2 Å². The lowest BCUT2D eigenvalue weighted by atomic mass is 10.1. The SMILES string of the molecule is C[C@H](OC(=O)C1=NN([C@H]2CCS(=O)(=O)C2)C(=O)CC1)C(=O)Nc1ccc(F)cc1. The molecule has 29 heavy (non-hydrogen) atoms. The lowest BCUT2D eigenvalue weighted by molar-refractivity contribution is -0.147. The highest BCUT2D eigenvalue weighted by molar-refractivity contribution is 7.91. The first-order valence-electron chi connectivity index (χ1n) is 9.02. The Morgan fingerprint density at radius 2 is 1.97 bits per heavy atom. The van der Waals surface area contributed by atoms with Gasteiger partial charge in [-0.1, -0.05) is 0 Å². The number of hydrogen-bond acceptors (Lipinski definition) is 7. The van der Waals surface area contributed by atoms with E-state index in [4.69, 9.17) is 4.74 Å². The van der Waals surface area contributed by atoms with Crippen LogP contribution in [0.4, 0.5) is 10.1 Å². The first-order valence-corrected chi connectivity index (χ1v) is 10.8. The second kappa shape index (κ2) is 8.27. The van der Waals surface area contributed by atoms with Crippen molar-refractivity contribution in [2.75, 3.05) is 16.8 Å². The number of halogens is 1. The summed E-state index contributed by atoms with van der Waals surface area (Å²) in [6.07, 6.45) is -0.857. The van der Waals surface area contributed by atoms with Gasteiger partial charge in [-0.05, 0) is 37.6 Å². The number of ether oxygens (including phenoxy) is 1. The van der Waals surface area contributed by atoms with E-state index < -0.39 is 39.7 Å². The lowest BCUT2D eigenvalue weighted by Crippen LogP contribution is -2.42. The second-order valence-electron chi connectivity index (χ2n) is 6.89. The normalized spacial score (nSPS) is 22.0. The molecule has 1 aromatic carbocycles. The Kier molecular flexibility index (Phi) is 5.96. The third-order valence-electron chi connectivity index (χ3n) is 4.61. The number of anilines is 1. The number of amides is 2. The zero-order valence-corrected chi connectivity index (χ0v) is 16.4. The number of benzene rings is 1. The molecule has 0 aliphatic carbocycles. The molecule has 0 radical (unpaired) electrons. The van der Waals surface area contributed by atoms with Gasteiger partial charge in [-0.3, -0.25) is 9.59 Å². The molecule has 0 saturated carbocycles. The van der Waals surface area contributed by atoms with Crippen LogP contribution in [0.5, 0.6) is 0 Å². The fraction of sp³-hybridized carbons (Fsp3) is 0.444. The predicted octanol–water partition coefficient (Wildman–Crippen LogP) is 0.861. The largest absolute Gasteiger partial charge is 0.448 e. The monoisotopic (exact) mass is 425 g/mol. The van der Waals surface area contributed by atoms with Crippen LogP contribution < -0.4 is 5.32 Å². The van der Waals surface area contributed by atoms with Crippen LogP contribution in [-0.4, -0.2) is 60.6 Å². The smallest absolute Gasteiger partial charge is 0.355 e. The summed E-state index contributed by atoms with van der Waals surface area (Å²) in [7, 11) is -3.22. The average Bonchev–Trinajstić information content (AvgIpc) is 3.03. The summed E-state index contributed by atoms with van der Waals surface area (Å²) in [5, 5.41) is 7.55. The number of hydrogen-bond donors (Lipinski definition) is 1. The van der Waals surface area contributed by atoms with Crippen molar-refractivity contribution in [1.82, 2.24) is 5.01 Å². The molecule has 1 fully saturated rings. The van der Waals surface area contributed by atoms with Crippen molar-refractivity contribution in [3.63, 3.8) is 0 Å². The van der Waals surface area contributed by atoms with Gasteiger partial charge in [0.1, 0.15) is 11.5 Å². The quantitative estimate of drug-likeness (QED) is 0.699. The van der Waals surface area contributed by atoms with E-state index in [9.17, 15) is 27.2 Å². The topological polar surface area (TPSA) is 122 Å². The first-order chi connectivity index (χ1) is 13.6. The van der Waals surface area contributed by atoms with Crippen molar-refractivity contribution in [2.24, 2.45) is 5.10 Å². The molecule has 0 aromatic heterocycles. The maximum absolute atomic E-state index is 12.9. The fourth-order valence-electron chi connectivity index (χ4n) is 3.03. The third kappa shape index (κ3) is 5.17. The Bertz CT molecular complexity index is 960. The third-order valence-corrected chi connectivity index (χ3v) is 6.36. The van der Waals surface area contributed by atoms with Crippen LogP contribution in [0.2, 0.25) is 0 Å². The van der Waals surface area contributed by atoms with E-state index in [-0.39, 0.29) is 42.4 Å². The van der Waals surface area contributed by atoms with Gasteiger partial charge in [-0.2, -0.15) is 5.10 Å². The number of esters is 1. The highest BCUT2D eigenvalue weighted by atomic mass is 32.2. The molecule has 1 saturated heterocycles. The Morgan fingerprint density at radius 3 is 2.59 bits per heavy atom. The molecular weight excluding hydrogens is 405 g/mol. The van der Waals surface area contributed by atoms with E-state index in [0.717, 1.165) is 5.01 Å². The summed E-state index contributed by atoms with van der Waals surface area (Å²) in [4.78, 5) is 36.6. The molecule has 1 aromatic rings. The van der Waals surface area contributed by atoms with Gasteiger partial charge >= 0.3 is 5.97 Å². The number of sulfone groups is 1. The lowest BCUT2D eigenvalue weighted by Gasteiger charge is -2.27. The van der Waals surface area contributed by atoms with E-state index in [1.54, 1.807) is 0 Å². The minimum atomic E-state index is -3.22. The Labute approximate surface area is 166 Å². The zero-order chi connectivity index (χ0) is 21.2. The number of rotatable bonds is 5. The average molecular weight is 425 g/mol. The molecule has 2 atom stereocenters. The van der Waals surface area contributed by atoms with Gasteiger partial charge in [0.15, 0.2) is 15.9 Å². The summed E-state index contributed by atoms with van der Waals surface area (Å²) in [5.74, 6) is -2.50. The van der Waals surface area contributed by atoms with Crippen LogP contribution in [-0.2, 0) is 29.0 Å². The molecule has 2 amide bonds. The Balaban J connectivity index is 1.62. The van der Waals surface area contributed by atoms with E-state index >= 15 is 0 Å². The van der Waals surface area contributed by atoms with Gasteiger partial charge in [0.2, 0.25) is 5.91 Å². The van der Waals surface area contributed by atoms with Crippen LogP contribution in [0, 0.1) is 5.82 Å². The van der Waals surface area contributed by atoms with Gasteiger partial charge < -0.3 is 10.1 Å².